The maximum absolute atomic E-state index is 6.09. The second kappa shape index (κ2) is 8.50. The SMILES string of the molecule is COc1ccc(OC)c2c1C1c3ccccc3C2(C#Cc2c3ccccc3cc3ccccc23)c2ccccc21. The molecule has 0 atom stereocenters. The van der Waals surface area contributed by atoms with Crippen molar-refractivity contribution in [3.8, 4) is 23.3 Å². The van der Waals surface area contributed by atoms with Gasteiger partial charge in [0.05, 0.1) is 14.2 Å². The Labute approximate surface area is 233 Å². The normalized spacial score (nSPS) is 17.9. The minimum Gasteiger partial charge on any atom is -0.496 e. The molecule has 0 unspecified atom stereocenters. The Morgan fingerprint density at radius 2 is 1.12 bits per heavy atom. The Morgan fingerprint density at radius 3 is 1.73 bits per heavy atom. The van der Waals surface area contributed by atoms with E-state index in [1.54, 1.807) is 14.2 Å². The van der Waals surface area contributed by atoms with Gasteiger partial charge in [0.25, 0.3) is 0 Å². The van der Waals surface area contributed by atoms with E-state index in [4.69, 9.17) is 9.47 Å². The molecule has 2 nitrogen and oxygen atoms in total. The van der Waals surface area contributed by atoms with Crippen LogP contribution in [0.5, 0.6) is 11.5 Å². The molecule has 9 rings (SSSR count). The first kappa shape index (κ1) is 22.9. The zero-order chi connectivity index (χ0) is 26.8. The lowest BCUT2D eigenvalue weighted by Gasteiger charge is -2.48. The van der Waals surface area contributed by atoms with Crippen LogP contribution in [0.4, 0.5) is 0 Å². The second-order valence-electron chi connectivity index (χ2n) is 10.6. The summed E-state index contributed by atoms with van der Waals surface area (Å²) in [5.41, 5.74) is 7.55. The lowest BCUT2D eigenvalue weighted by molar-refractivity contribution is 0.385. The first-order valence-corrected chi connectivity index (χ1v) is 13.6. The summed E-state index contributed by atoms with van der Waals surface area (Å²) < 4.78 is 12.1. The van der Waals surface area contributed by atoms with Crippen LogP contribution in [0.1, 0.15) is 44.9 Å². The van der Waals surface area contributed by atoms with Crippen LogP contribution in [0.25, 0.3) is 21.5 Å². The topological polar surface area (TPSA) is 18.5 Å². The van der Waals surface area contributed by atoms with E-state index in [1.165, 1.54) is 33.0 Å². The Kier molecular flexibility index (Phi) is 4.87. The smallest absolute Gasteiger partial charge is 0.124 e. The summed E-state index contributed by atoms with van der Waals surface area (Å²) >= 11 is 0. The van der Waals surface area contributed by atoms with E-state index < -0.39 is 5.41 Å². The van der Waals surface area contributed by atoms with Crippen molar-refractivity contribution < 1.29 is 9.47 Å². The van der Waals surface area contributed by atoms with Gasteiger partial charge in [-0.2, -0.15) is 0 Å². The molecule has 190 valence electrons. The van der Waals surface area contributed by atoms with Gasteiger partial charge in [0, 0.05) is 22.6 Å². The molecule has 0 saturated heterocycles. The summed E-state index contributed by atoms with van der Waals surface area (Å²) in [6.45, 7) is 0. The maximum Gasteiger partial charge on any atom is 0.124 e. The largest absolute Gasteiger partial charge is 0.496 e. The van der Waals surface area contributed by atoms with Gasteiger partial charge in [-0.15, -0.1) is 0 Å². The quantitative estimate of drug-likeness (QED) is 0.171. The van der Waals surface area contributed by atoms with Crippen molar-refractivity contribution in [1.29, 1.82) is 0 Å². The van der Waals surface area contributed by atoms with Gasteiger partial charge in [-0.1, -0.05) is 109 Å². The van der Waals surface area contributed by atoms with Crippen LogP contribution in [0.2, 0.25) is 0 Å². The van der Waals surface area contributed by atoms with E-state index in [0.717, 1.165) is 39.0 Å². The fourth-order valence-corrected chi connectivity index (χ4v) is 7.18. The van der Waals surface area contributed by atoms with Gasteiger partial charge >= 0.3 is 0 Å². The summed E-state index contributed by atoms with van der Waals surface area (Å²) in [5, 5.41) is 4.70. The molecule has 3 aliphatic rings. The molecule has 0 amide bonds. The number of benzene rings is 6. The van der Waals surface area contributed by atoms with Gasteiger partial charge in [-0.05, 0) is 62.0 Å². The van der Waals surface area contributed by atoms with Gasteiger partial charge in [0.15, 0.2) is 0 Å². The van der Waals surface area contributed by atoms with Crippen LogP contribution in [0.15, 0.2) is 115 Å². The highest BCUT2D eigenvalue weighted by atomic mass is 16.5. The summed E-state index contributed by atoms with van der Waals surface area (Å²) in [6, 6.07) is 40.9. The van der Waals surface area contributed by atoms with Crippen LogP contribution in [0, 0.1) is 11.8 Å². The molecule has 0 fully saturated rings. The van der Waals surface area contributed by atoms with E-state index in [9.17, 15) is 0 Å². The van der Waals surface area contributed by atoms with E-state index in [-0.39, 0.29) is 5.92 Å². The van der Waals surface area contributed by atoms with Gasteiger partial charge in [0.1, 0.15) is 16.9 Å². The minimum atomic E-state index is -0.727. The monoisotopic (exact) mass is 514 g/mol. The second-order valence-corrected chi connectivity index (χ2v) is 10.6. The zero-order valence-electron chi connectivity index (χ0n) is 22.4. The first-order chi connectivity index (χ1) is 19.8. The van der Waals surface area contributed by atoms with Crippen molar-refractivity contribution in [2.45, 2.75) is 11.3 Å². The van der Waals surface area contributed by atoms with Crippen molar-refractivity contribution in [2.75, 3.05) is 14.2 Å². The Hall–Kier alpha value is -5.00. The highest BCUT2D eigenvalue weighted by Crippen LogP contribution is 2.62. The molecule has 2 bridgehead atoms. The Morgan fingerprint density at radius 1 is 0.600 bits per heavy atom. The van der Waals surface area contributed by atoms with Gasteiger partial charge in [0.2, 0.25) is 0 Å². The van der Waals surface area contributed by atoms with Crippen molar-refractivity contribution in [3.05, 3.63) is 154 Å². The fraction of sp³-hybridized carbons (Fsp3) is 0.105. The lowest BCUT2D eigenvalue weighted by atomic mass is 9.53. The number of fused-ring (bicyclic) bond motifs is 2. The molecular formula is C38H26O2. The summed E-state index contributed by atoms with van der Waals surface area (Å²) in [5.74, 6) is 9.47. The van der Waals surface area contributed by atoms with Gasteiger partial charge < -0.3 is 9.47 Å². The van der Waals surface area contributed by atoms with Crippen LogP contribution in [-0.2, 0) is 5.41 Å². The summed E-state index contributed by atoms with van der Waals surface area (Å²) in [7, 11) is 3.50. The molecule has 0 aliphatic heterocycles. The Balaban J connectivity index is 1.56. The van der Waals surface area contributed by atoms with E-state index >= 15 is 0 Å². The molecule has 2 heteroatoms. The third kappa shape index (κ3) is 2.90. The van der Waals surface area contributed by atoms with Crippen LogP contribution in [0.3, 0.4) is 0 Å². The number of ether oxygens (including phenoxy) is 2. The molecule has 3 aliphatic carbocycles. The molecule has 0 aromatic heterocycles. The highest BCUT2D eigenvalue weighted by molar-refractivity contribution is 6.04. The predicted molar refractivity (Wildman–Crippen MR) is 162 cm³/mol. The fourth-order valence-electron chi connectivity index (χ4n) is 7.18. The minimum absolute atomic E-state index is 0.0505. The molecule has 6 aromatic carbocycles. The first-order valence-electron chi connectivity index (χ1n) is 13.6. The third-order valence-electron chi connectivity index (χ3n) is 8.77. The van der Waals surface area contributed by atoms with E-state index in [0.29, 0.717) is 0 Å². The van der Waals surface area contributed by atoms with Crippen LogP contribution >= 0.6 is 0 Å². The van der Waals surface area contributed by atoms with Crippen LogP contribution in [-0.4, -0.2) is 14.2 Å². The average Bonchev–Trinajstić information content (AvgIpc) is 3.02. The molecular weight excluding hydrogens is 488 g/mol. The molecule has 0 spiro atoms. The average molecular weight is 515 g/mol. The van der Waals surface area contributed by atoms with Gasteiger partial charge in [-0.3, -0.25) is 0 Å². The van der Waals surface area contributed by atoms with E-state index in [2.05, 4.69) is 115 Å². The zero-order valence-corrected chi connectivity index (χ0v) is 22.4. The molecule has 0 N–H and O–H groups in total. The standard InChI is InChI=1S/C38H26O2/c1-39-33-19-20-34(40-2)37-36(33)35-29-15-7-9-17-31(29)38(37,32-18-10-8-16-30(32)35)22-21-28-26-13-5-3-11-24(26)23-25-12-4-6-14-27(25)28/h3-20,23,35H,1-2H3. The van der Waals surface area contributed by atoms with Gasteiger partial charge in [-0.25, -0.2) is 0 Å². The molecule has 0 radical (unpaired) electrons. The van der Waals surface area contributed by atoms with Crippen molar-refractivity contribution in [2.24, 2.45) is 0 Å². The highest BCUT2D eigenvalue weighted by Gasteiger charge is 2.53. The number of methoxy groups -OCH3 is 2. The number of rotatable bonds is 2. The molecule has 0 saturated carbocycles. The Bertz CT molecular complexity index is 1950. The molecule has 40 heavy (non-hydrogen) atoms. The number of hydrogen-bond acceptors (Lipinski definition) is 2. The van der Waals surface area contributed by atoms with E-state index in [1.807, 2.05) is 12.1 Å². The third-order valence-corrected chi connectivity index (χ3v) is 8.77. The molecule has 0 heterocycles. The summed E-state index contributed by atoms with van der Waals surface area (Å²) in [6.07, 6.45) is 0. The maximum atomic E-state index is 6.09. The molecule has 6 aromatic rings. The van der Waals surface area contributed by atoms with Crippen molar-refractivity contribution in [1.82, 2.24) is 0 Å². The van der Waals surface area contributed by atoms with Crippen molar-refractivity contribution in [3.63, 3.8) is 0 Å². The van der Waals surface area contributed by atoms with Crippen molar-refractivity contribution >= 4 is 21.5 Å². The van der Waals surface area contributed by atoms with Crippen LogP contribution < -0.4 is 9.47 Å². The summed E-state index contributed by atoms with van der Waals surface area (Å²) in [4.78, 5) is 0. The predicted octanol–water partition coefficient (Wildman–Crippen LogP) is 8.20. The number of hydrogen-bond donors (Lipinski definition) is 0. The lowest BCUT2D eigenvalue weighted by Crippen LogP contribution is -2.41.